The second-order valence-electron chi connectivity index (χ2n) is 8.17. The molecule has 34 heavy (non-hydrogen) atoms. The van der Waals surface area contributed by atoms with E-state index in [-0.39, 0.29) is 29.7 Å². The van der Waals surface area contributed by atoms with Crippen LogP contribution in [0.25, 0.3) is 10.2 Å². The molecule has 180 valence electrons. The summed E-state index contributed by atoms with van der Waals surface area (Å²) in [7, 11) is 0. The molecule has 1 N–H and O–H groups in total. The smallest absolute Gasteiger partial charge is 0.586 e. The first-order chi connectivity index (χ1) is 16.0. The van der Waals surface area contributed by atoms with Crippen molar-refractivity contribution in [2.45, 2.75) is 37.5 Å². The zero-order chi connectivity index (χ0) is 24.3. The lowest BCUT2D eigenvalue weighted by Crippen LogP contribution is -2.52. The molecule has 0 saturated carbocycles. The third-order valence-electron chi connectivity index (χ3n) is 5.96. The highest BCUT2D eigenvalue weighted by Crippen LogP contribution is 2.45. The van der Waals surface area contributed by atoms with E-state index in [2.05, 4.69) is 19.8 Å². The average molecular weight is 498 g/mol. The van der Waals surface area contributed by atoms with E-state index in [1.165, 1.54) is 36.7 Å². The first-order valence-corrected chi connectivity index (χ1v) is 11.1. The Labute approximate surface area is 194 Å². The van der Waals surface area contributed by atoms with E-state index < -0.39 is 36.5 Å². The van der Waals surface area contributed by atoms with Crippen molar-refractivity contribution in [3.63, 3.8) is 0 Å². The van der Waals surface area contributed by atoms with Gasteiger partial charge in [-0.15, -0.1) is 8.78 Å². The van der Waals surface area contributed by atoms with Gasteiger partial charge in [0.1, 0.15) is 0 Å². The molecule has 4 heterocycles. The van der Waals surface area contributed by atoms with Crippen LogP contribution < -0.4 is 19.5 Å². The molecule has 2 atom stereocenters. The Morgan fingerprint density at radius 1 is 1.26 bits per heavy atom. The van der Waals surface area contributed by atoms with Crippen LogP contribution in [0.5, 0.6) is 11.5 Å². The maximum Gasteiger partial charge on any atom is 0.586 e. The van der Waals surface area contributed by atoms with Crippen molar-refractivity contribution in [1.82, 2.24) is 9.88 Å². The van der Waals surface area contributed by atoms with Gasteiger partial charge in [-0.2, -0.15) is 4.73 Å². The fourth-order valence-electron chi connectivity index (χ4n) is 4.09. The number of benzene rings is 1. The third kappa shape index (κ3) is 4.20. The molecule has 0 radical (unpaired) electrons. The minimum atomic E-state index is -3.74. The van der Waals surface area contributed by atoms with Gasteiger partial charge < -0.3 is 20.0 Å². The summed E-state index contributed by atoms with van der Waals surface area (Å²) < 4.78 is 65.6. The molecular formula is C21H18F4N4O4S. The number of aromatic nitrogens is 2. The number of hydrogen-bond acceptors (Lipinski definition) is 7. The van der Waals surface area contributed by atoms with Crippen molar-refractivity contribution in [3.8, 4) is 11.5 Å². The van der Waals surface area contributed by atoms with Gasteiger partial charge in [-0.05, 0) is 12.5 Å². The van der Waals surface area contributed by atoms with Crippen LogP contribution in [0.1, 0.15) is 24.8 Å². The van der Waals surface area contributed by atoms with Gasteiger partial charge in [0, 0.05) is 43.8 Å². The van der Waals surface area contributed by atoms with Crippen molar-refractivity contribution >= 4 is 32.6 Å². The number of carbonyl (C=O) groups excluding carboxylic acids is 1. The lowest BCUT2D eigenvalue weighted by molar-refractivity contribution is -0.605. The summed E-state index contributed by atoms with van der Waals surface area (Å²) >= 11 is 1.06. The maximum atomic E-state index is 14.6. The summed E-state index contributed by atoms with van der Waals surface area (Å²) in [6, 6.07) is 4.63. The number of rotatable bonds is 4. The largest absolute Gasteiger partial charge is 0.619 e. The molecule has 0 unspecified atom stereocenters. The number of anilines is 1. The zero-order valence-corrected chi connectivity index (χ0v) is 18.5. The fraction of sp³-hybridized carbons (Fsp3) is 0.381. The summed E-state index contributed by atoms with van der Waals surface area (Å²) in [5.74, 6) is -4.87. The van der Waals surface area contributed by atoms with Crippen LogP contribution in [0.4, 0.5) is 22.7 Å². The second kappa shape index (κ2) is 7.94. The standard InChI is InChI=1S/C21H18F4N4O4S/c1-11(28-7-4-20(22,23)13(10-28)12-2-5-29(31)6-3-12)18(30)27-19-26-14-8-15-16(9-17(14)34-19)33-21(24,25)32-15/h2-3,5-6,8-9,11,13H,4,7,10H2,1H3,(H,26,27,30)/t11-,13-/m1/s1. The van der Waals surface area contributed by atoms with E-state index in [0.717, 1.165) is 11.3 Å². The van der Waals surface area contributed by atoms with E-state index in [4.69, 9.17) is 0 Å². The van der Waals surface area contributed by atoms with Gasteiger partial charge in [-0.1, -0.05) is 11.3 Å². The highest BCUT2D eigenvalue weighted by Gasteiger charge is 2.47. The normalized spacial score (nSPS) is 22.0. The molecule has 8 nitrogen and oxygen atoms in total. The fourth-order valence-corrected chi connectivity index (χ4v) is 4.96. The van der Waals surface area contributed by atoms with Gasteiger partial charge in [0.15, 0.2) is 29.0 Å². The number of fused-ring (bicyclic) bond motifs is 2. The van der Waals surface area contributed by atoms with Gasteiger partial charge in [-0.3, -0.25) is 9.69 Å². The number of hydrogen-bond donors (Lipinski definition) is 1. The molecule has 3 aromatic rings. The maximum absolute atomic E-state index is 14.6. The minimum absolute atomic E-state index is 0.0158. The summed E-state index contributed by atoms with van der Waals surface area (Å²) in [5.41, 5.74) is 0.661. The molecule has 5 rings (SSSR count). The number of ether oxygens (including phenoxy) is 2. The Morgan fingerprint density at radius 3 is 2.65 bits per heavy atom. The average Bonchev–Trinajstić information content (AvgIpc) is 3.28. The van der Waals surface area contributed by atoms with Gasteiger partial charge in [0.25, 0.3) is 5.92 Å². The molecule has 13 heteroatoms. The van der Waals surface area contributed by atoms with Gasteiger partial charge >= 0.3 is 6.29 Å². The molecule has 1 fully saturated rings. The van der Waals surface area contributed by atoms with E-state index in [1.54, 1.807) is 11.8 Å². The predicted molar refractivity (Wildman–Crippen MR) is 113 cm³/mol. The number of nitrogens with one attached hydrogen (secondary N) is 1. The number of carbonyl (C=O) groups is 1. The van der Waals surface area contributed by atoms with Crippen LogP contribution in [0, 0.1) is 5.21 Å². The molecule has 0 spiro atoms. The Balaban J connectivity index is 1.29. The number of nitrogens with zero attached hydrogens (tertiary/aromatic N) is 3. The molecular weight excluding hydrogens is 480 g/mol. The molecule has 2 aliphatic rings. The van der Waals surface area contributed by atoms with Crippen LogP contribution in [0.3, 0.4) is 0 Å². The molecule has 0 aliphatic carbocycles. The minimum Gasteiger partial charge on any atom is -0.619 e. The summed E-state index contributed by atoms with van der Waals surface area (Å²) in [6.07, 6.45) is -1.84. The van der Waals surface area contributed by atoms with Crippen LogP contribution >= 0.6 is 11.3 Å². The van der Waals surface area contributed by atoms with Crippen molar-refractivity contribution in [1.29, 1.82) is 0 Å². The second-order valence-corrected chi connectivity index (χ2v) is 9.20. The first-order valence-electron chi connectivity index (χ1n) is 10.3. The van der Waals surface area contributed by atoms with Crippen molar-refractivity contribution < 1.29 is 36.6 Å². The van der Waals surface area contributed by atoms with E-state index in [1.807, 2.05) is 0 Å². The lowest BCUT2D eigenvalue weighted by Gasteiger charge is -2.40. The van der Waals surface area contributed by atoms with E-state index in [9.17, 15) is 27.6 Å². The number of thiazole rings is 1. The number of piperidine rings is 1. The van der Waals surface area contributed by atoms with Crippen LogP contribution in [0.2, 0.25) is 0 Å². The number of halogens is 4. The predicted octanol–water partition coefficient (Wildman–Crippen LogP) is 3.70. The summed E-state index contributed by atoms with van der Waals surface area (Å²) in [4.78, 5) is 18.7. The summed E-state index contributed by atoms with van der Waals surface area (Å²) in [6.45, 7) is 1.56. The number of pyridine rings is 1. The van der Waals surface area contributed by atoms with Crippen molar-refractivity contribution in [3.05, 3.63) is 47.4 Å². The molecule has 0 bridgehead atoms. The zero-order valence-electron chi connectivity index (χ0n) is 17.6. The van der Waals surface area contributed by atoms with Gasteiger partial charge in [0.2, 0.25) is 5.91 Å². The Morgan fingerprint density at radius 2 is 1.94 bits per heavy atom. The van der Waals surface area contributed by atoms with Crippen LogP contribution in [0.15, 0.2) is 36.7 Å². The highest BCUT2D eigenvalue weighted by molar-refractivity contribution is 7.22. The van der Waals surface area contributed by atoms with Gasteiger partial charge in [0.05, 0.1) is 22.2 Å². The molecule has 2 aromatic heterocycles. The first kappa shape index (κ1) is 22.6. The third-order valence-corrected chi connectivity index (χ3v) is 6.89. The lowest BCUT2D eigenvalue weighted by atomic mass is 9.87. The Kier molecular flexibility index (Phi) is 5.28. The Hall–Kier alpha value is -3.19. The van der Waals surface area contributed by atoms with E-state index in [0.29, 0.717) is 20.5 Å². The van der Waals surface area contributed by atoms with Crippen LogP contribution in [-0.4, -0.2) is 47.1 Å². The SMILES string of the molecule is C[C@H](C(=O)Nc1nc2cc3c(cc2s1)OC(F)(F)O3)N1CCC(F)(F)[C@@H](c2cc[n+]([O-])cc2)C1. The quantitative estimate of drug-likeness (QED) is 0.335. The molecule has 1 amide bonds. The molecule has 2 aliphatic heterocycles. The summed E-state index contributed by atoms with van der Waals surface area (Å²) in [5, 5.41) is 14.2. The van der Waals surface area contributed by atoms with E-state index >= 15 is 0 Å². The highest BCUT2D eigenvalue weighted by atomic mass is 32.1. The Bertz CT molecular complexity index is 1210. The topological polar surface area (TPSA) is 90.6 Å². The van der Waals surface area contributed by atoms with Crippen LogP contribution in [-0.2, 0) is 4.79 Å². The number of alkyl halides is 4. The number of likely N-dealkylation sites (tertiary alicyclic amines) is 1. The van der Waals surface area contributed by atoms with Crippen molar-refractivity contribution in [2.24, 2.45) is 0 Å². The van der Waals surface area contributed by atoms with Gasteiger partial charge in [-0.25, -0.2) is 13.8 Å². The molecule has 1 aromatic carbocycles. The molecule has 1 saturated heterocycles. The number of amides is 1. The van der Waals surface area contributed by atoms with Crippen molar-refractivity contribution in [2.75, 3.05) is 18.4 Å². The monoisotopic (exact) mass is 498 g/mol.